The molecule has 2 aromatic rings. The molecule has 1 nitrogen and oxygen atoms in total. The predicted octanol–water partition coefficient (Wildman–Crippen LogP) is 5.60. The fraction of sp³-hybridized carbons (Fsp3) is 0.333. The van der Waals surface area contributed by atoms with Crippen LogP contribution in [0.15, 0.2) is 29.0 Å². The molecule has 0 aliphatic heterocycles. The average molecular weight is 314 g/mol. The zero-order chi connectivity index (χ0) is 13.8. The smallest absolute Gasteiger partial charge is 0.0595 e. The zero-order valence-corrected chi connectivity index (χ0v) is 13.4. The van der Waals surface area contributed by atoms with E-state index in [1.807, 2.05) is 18.2 Å². The molecule has 1 heterocycles. The second kappa shape index (κ2) is 6.76. The number of hydrogen-bond donors (Lipinski definition) is 1. The van der Waals surface area contributed by atoms with Crippen LogP contribution in [0.5, 0.6) is 0 Å². The molecule has 0 radical (unpaired) electrons. The molecule has 4 heteroatoms. The standard InChI is InChI=1S/C15H17Cl2NS/c1-3-15(11-4-5-13(16)14(17)6-11)18-7-12-9-19-8-10(12)2/h4-6,8-9,15,18H,3,7H2,1-2H3. The highest BCUT2D eigenvalue weighted by Gasteiger charge is 2.11. The molecule has 0 aliphatic carbocycles. The van der Waals surface area contributed by atoms with Crippen LogP contribution in [0.4, 0.5) is 0 Å². The Kier molecular flexibility index (Phi) is 5.28. The third-order valence-corrected chi connectivity index (χ3v) is 4.90. The van der Waals surface area contributed by atoms with Crippen molar-refractivity contribution in [1.82, 2.24) is 5.32 Å². The Labute approximate surface area is 128 Å². The molecule has 1 aromatic carbocycles. The summed E-state index contributed by atoms with van der Waals surface area (Å²) in [5.41, 5.74) is 3.90. The Morgan fingerprint density at radius 3 is 2.58 bits per heavy atom. The lowest BCUT2D eigenvalue weighted by molar-refractivity contribution is 0.519. The van der Waals surface area contributed by atoms with Crippen molar-refractivity contribution in [2.75, 3.05) is 0 Å². The lowest BCUT2D eigenvalue weighted by Crippen LogP contribution is -2.20. The second-order valence-electron chi connectivity index (χ2n) is 4.60. The molecule has 1 aromatic heterocycles. The second-order valence-corrected chi connectivity index (χ2v) is 6.15. The molecular weight excluding hydrogens is 297 g/mol. The van der Waals surface area contributed by atoms with Gasteiger partial charge in [0.25, 0.3) is 0 Å². The summed E-state index contributed by atoms with van der Waals surface area (Å²) in [7, 11) is 0. The van der Waals surface area contributed by atoms with Gasteiger partial charge in [-0.05, 0) is 52.9 Å². The molecule has 0 saturated carbocycles. The molecule has 2 rings (SSSR count). The predicted molar refractivity (Wildman–Crippen MR) is 85.4 cm³/mol. The van der Waals surface area contributed by atoms with Crippen molar-refractivity contribution in [1.29, 1.82) is 0 Å². The Bertz CT molecular complexity index is 551. The highest BCUT2D eigenvalue weighted by molar-refractivity contribution is 7.08. The number of rotatable bonds is 5. The van der Waals surface area contributed by atoms with E-state index in [1.54, 1.807) is 11.3 Å². The highest BCUT2D eigenvalue weighted by Crippen LogP contribution is 2.27. The van der Waals surface area contributed by atoms with Crippen molar-refractivity contribution in [3.63, 3.8) is 0 Å². The van der Waals surface area contributed by atoms with Crippen LogP contribution in [0.2, 0.25) is 10.0 Å². The monoisotopic (exact) mass is 313 g/mol. The van der Waals surface area contributed by atoms with Crippen LogP contribution >= 0.6 is 34.5 Å². The minimum Gasteiger partial charge on any atom is -0.306 e. The third kappa shape index (κ3) is 3.73. The van der Waals surface area contributed by atoms with Crippen LogP contribution in [-0.4, -0.2) is 0 Å². The van der Waals surface area contributed by atoms with E-state index in [9.17, 15) is 0 Å². The minimum absolute atomic E-state index is 0.300. The highest BCUT2D eigenvalue weighted by atomic mass is 35.5. The van der Waals surface area contributed by atoms with E-state index in [1.165, 1.54) is 16.7 Å². The molecule has 0 amide bonds. The van der Waals surface area contributed by atoms with Gasteiger partial charge in [-0.3, -0.25) is 0 Å². The Morgan fingerprint density at radius 1 is 1.21 bits per heavy atom. The summed E-state index contributed by atoms with van der Waals surface area (Å²) in [6.07, 6.45) is 1.02. The number of thiophene rings is 1. The van der Waals surface area contributed by atoms with E-state index in [0.29, 0.717) is 16.1 Å². The first kappa shape index (κ1) is 14.9. The van der Waals surface area contributed by atoms with Gasteiger partial charge in [-0.25, -0.2) is 0 Å². The SMILES string of the molecule is CCC(NCc1cscc1C)c1ccc(Cl)c(Cl)c1. The number of halogens is 2. The van der Waals surface area contributed by atoms with Gasteiger partial charge < -0.3 is 5.32 Å². The summed E-state index contributed by atoms with van der Waals surface area (Å²) in [6.45, 7) is 5.20. The summed E-state index contributed by atoms with van der Waals surface area (Å²) in [4.78, 5) is 0. The minimum atomic E-state index is 0.300. The van der Waals surface area contributed by atoms with Crippen LogP contribution in [0, 0.1) is 6.92 Å². The van der Waals surface area contributed by atoms with Gasteiger partial charge in [-0.1, -0.05) is 36.2 Å². The van der Waals surface area contributed by atoms with Crippen LogP contribution in [-0.2, 0) is 6.54 Å². The molecule has 1 N–H and O–H groups in total. The van der Waals surface area contributed by atoms with Crippen molar-refractivity contribution in [3.8, 4) is 0 Å². The van der Waals surface area contributed by atoms with Gasteiger partial charge in [-0.2, -0.15) is 11.3 Å². The average Bonchev–Trinajstić information content (AvgIpc) is 2.80. The number of hydrogen-bond acceptors (Lipinski definition) is 2. The van der Waals surface area contributed by atoms with Gasteiger partial charge in [0.2, 0.25) is 0 Å². The normalized spacial score (nSPS) is 12.6. The van der Waals surface area contributed by atoms with Crippen molar-refractivity contribution >= 4 is 34.5 Å². The maximum atomic E-state index is 6.08. The Morgan fingerprint density at radius 2 is 2.00 bits per heavy atom. The van der Waals surface area contributed by atoms with Gasteiger partial charge in [0.05, 0.1) is 10.0 Å². The van der Waals surface area contributed by atoms with Crippen molar-refractivity contribution in [2.45, 2.75) is 32.9 Å². The maximum Gasteiger partial charge on any atom is 0.0595 e. The molecule has 0 aliphatic rings. The largest absolute Gasteiger partial charge is 0.306 e. The molecule has 0 spiro atoms. The van der Waals surface area contributed by atoms with Crippen LogP contribution in [0.25, 0.3) is 0 Å². The number of nitrogens with one attached hydrogen (secondary N) is 1. The number of benzene rings is 1. The molecule has 102 valence electrons. The first-order valence-electron chi connectivity index (χ1n) is 6.31. The van der Waals surface area contributed by atoms with Gasteiger partial charge in [0, 0.05) is 12.6 Å². The molecule has 0 saturated heterocycles. The van der Waals surface area contributed by atoms with E-state index >= 15 is 0 Å². The summed E-state index contributed by atoms with van der Waals surface area (Å²) < 4.78 is 0. The lowest BCUT2D eigenvalue weighted by atomic mass is 10.0. The summed E-state index contributed by atoms with van der Waals surface area (Å²) in [5, 5.41) is 9.18. The number of aryl methyl sites for hydroxylation is 1. The van der Waals surface area contributed by atoms with E-state index in [0.717, 1.165) is 13.0 Å². The molecule has 1 atom stereocenters. The topological polar surface area (TPSA) is 12.0 Å². The maximum absolute atomic E-state index is 6.08. The van der Waals surface area contributed by atoms with E-state index in [4.69, 9.17) is 23.2 Å². The molecule has 19 heavy (non-hydrogen) atoms. The van der Waals surface area contributed by atoms with Crippen molar-refractivity contribution in [2.24, 2.45) is 0 Å². The van der Waals surface area contributed by atoms with Gasteiger partial charge >= 0.3 is 0 Å². The van der Waals surface area contributed by atoms with Crippen LogP contribution in [0.3, 0.4) is 0 Å². The first-order valence-corrected chi connectivity index (χ1v) is 8.01. The molecule has 0 fully saturated rings. The molecular formula is C15H17Cl2NS. The van der Waals surface area contributed by atoms with Crippen LogP contribution in [0.1, 0.15) is 36.1 Å². The summed E-state index contributed by atoms with van der Waals surface area (Å²) >= 11 is 13.8. The van der Waals surface area contributed by atoms with E-state index in [-0.39, 0.29) is 0 Å². The zero-order valence-electron chi connectivity index (χ0n) is 11.0. The van der Waals surface area contributed by atoms with E-state index < -0.39 is 0 Å². The quantitative estimate of drug-likeness (QED) is 0.757. The molecule has 0 bridgehead atoms. The van der Waals surface area contributed by atoms with Gasteiger partial charge in [0.15, 0.2) is 0 Å². The third-order valence-electron chi connectivity index (χ3n) is 3.25. The Balaban J connectivity index is 2.07. The summed E-state index contributed by atoms with van der Waals surface area (Å²) in [5.74, 6) is 0. The first-order chi connectivity index (χ1) is 9.11. The van der Waals surface area contributed by atoms with Crippen molar-refractivity contribution < 1.29 is 0 Å². The van der Waals surface area contributed by atoms with Crippen LogP contribution < -0.4 is 5.32 Å². The fourth-order valence-electron chi connectivity index (χ4n) is 2.03. The fourth-order valence-corrected chi connectivity index (χ4v) is 3.19. The van der Waals surface area contributed by atoms with Gasteiger partial charge in [-0.15, -0.1) is 0 Å². The van der Waals surface area contributed by atoms with E-state index in [2.05, 4.69) is 29.9 Å². The summed E-state index contributed by atoms with van der Waals surface area (Å²) in [6, 6.07) is 6.15. The lowest BCUT2D eigenvalue weighted by Gasteiger charge is -2.18. The Hall–Kier alpha value is -0.540. The van der Waals surface area contributed by atoms with Crippen molar-refractivity contribution in [3.05, 3.63) is 55.7 Å². The molecule has 1 unspecified atom stereocenters. The van der Waals surface area contributed by atoms with Gasteiger partial charge in [0.1, 0.15) is 0 Å².